The Morgan fingerprint density at radius 2 is 2.10 bits per heavy atom. The number of carbonyl (C=O) groups excluding carboxylic acids is 1. The highest BCUT2D eigenvalue weighted by molar-refractivity contribution is 5.69. The molecular formula is C15H25N3O3. The van der Waals surface area contributed by atoms with Crippen molar-refractivity contribution >= 4 is 11.7 Å². The van der Waals surface area contributed by atoms with Crippen molar-refractivity contribution in [3.05, 3.63) is 22.6 Å². The third kappa shape index (κ3) is 5.97. The first kappa shape index (κ1) is 17.2. The lowest BCUT2D eigenvalue weighted by atomic mass is 10.2. The average molecular weight is 295 g/mol. The van der Waals surface area contributed by atoms with Crippen molar-refractivity contribution in [2.45, 2.75) is 46.1 Å². The van der Waals surface area contributed by atoms with E-state index in [9.17, 15) is 9.59 Å². The minimum Gasteiger partial charge on any atom is -0.466 e. The van der Waals surface area contributed by atoms with Gasteiger partial charge in [-0.05, 0) is 26.7 Å². The van der Waals surface area contributed by atoms with E-state index in [0.29, 0.717) is 19.6 Å². The Morgan fingerprint density at radius 3 is 2.71 bits per heavy atom. The van der Waals surface area contributed by atoms with E-state index >= 15 is 0 Å². The lowest BCUT2D eigenvalue weighted by Gasteiger charge is -2.16. The Bertz CT molecular complexity index is 499. The highest BCUT2D eigenvalue weighted by atomic mass is 16.5. The van der Waals surface area contributed by atoms with Crippen molar-refractivity contribution in [3.8, 4) is 0 Å². The second-order valence-corrected chi connectivity index (χ2v) is 4.91. The lowest BCUT2D eigenvalue weighted by molar-refractivity contribution is -0.143. The normalized spacial score (nSPS) is 10.4. The van der Waals surface area contributed by atoms with Crippen molar-refractivity contribution in [2.75, 3.05) is 25.1 Å². The van der Waals surface area contributed by atoms with Gasteiger partial charge in [0.1, 0.15) is 0 Å². The van der Waals surface area contributed by atoms with Gasteiger partial charge in [0.25, 0.3) is 5.56 Å². The summed E-state index contributed by atoms with van der Waals surface area (Å²) in [6, 6.07) is 1.61. The SMILES string of the molecule is CCOC(=O)CCCCCn1ncc(N(C)CC)cc1=O. The van der Waals surface area contributed by atoms with Crippen LogP contribution >= 0.6 is 0 Å². The van der Waals surface area contributed by atoms with Gasteiger partial charge < -0.3 is 9.64 Å². The second-order valence-electron chi connectivity index (χ2n) is 4.91. The predicted molar refractivity (Wildman–Crippen MR) is 82.5 cm³/mol. The minimum absolute atomic E-state index is 0.0850. The van der Waals surface area contributed by atoms with Crippen molar-refractivity contribution in [3.63, 3.8) is 0 Å². The molecule has 0 fully saturated rings. The summed E-state index contributed by atoms with van der Waals surface area (Å²) in [6.45, 7) is 5.66. The maximum atomic E-state index is 11.9. The maximum absolute atomic E-state index is 11.9. The van der Waals surface area contributed by atoms with E-state index in [1.165, 1.54) is 4.68 Å². The van der Waals surface area contributed by atoms with Crippen LogP contribution in [0.2, 0.25) is 0 Å². The molecule has 6 nitrogen and oxygen atoms in total. The van der Waals surface area contributed by atoms with Crippen molar-refractivity contribution in [2.24, 2.45) is 0 Å². The molecule has 0 aliphatic heterocycles. The van der Waals surface area contributed by atoms with E-state index in [1.54, 1.807) is 19.2 Å². The number of carbonyl (C=O) groups is 1. The fourth-order valence-electron chi connectivity index (χ4n) is 1.92. The summed E-state index contributed by atoms with van der Waals surface area (Å²) in [5.41, 5.74) is 0.749. The van der Waals surface area contributed by atoms with Gasteiger partial charge in [0, 0.05) is 32.6 Å². The lowest BCUT2D eigenvalue weighted by Crippen LogP contribution is -2.25. The summed E-state index contributed by atoms with van der Waals surface area (Å²) in [4.78, 5) is 25.1. The zero-order valence-electron chi connectivity index (χ0n) is 13.2. The largest absolute Gasteiger partial charge is 0.466 e. The van der Waals surface area contributed by atoms with Crippen LogP contribution in [0.4, 0.5) is 5.69 Å². The highest BCUT2D eigenvalue weighted by Gasteiger charge is 2.04. The fraction of sp³-hybridized carbons (Fsp3) is 0.667. The molecule has 1 aromatic heterocycles. The number of anilines is 1. The van der Waals surface area contributed by atoms with Gasteiger partial charge in [-0.2, -0.15) is 5.10 Å². The highest BCUT2D eigenvalue weighted by Crippen LogP contribution is 2.07. The van der Waals surface area contributed by atoms with Gasteiger partial charge in [0.2, 0.25) is 0 Å². The maximum Gasteiger partial charge on any atom is 0.305 e. The molecular weight excluding hydrogens is 270 g/mol. The van der Waals surface area contributed by atoms with E-state index in [0.717, 1.165) is 31.5 Å². The Balaban J connectivity index is 2.36. The molecule has 1 heterocycles. The van der Waals surface area contributed by atoms with Gasteiger partial charge in [-0.25, -0.2) is 4.68 Å². The summed E-state index contributed by atoms with van der Waals surface area (Å²) >= 11 is 0. The van der Waals surface area contributed by atoms with Gasteiger partial charge >= 0.3 is 5.97 Å². The van der Waals surface area contributed by atoms with Crippen molar-refractivity contribution < 1.29 is 9.53 Å². The fourth-order valence-corrected chi connectivity index (χ4v) is 1.92. The first-order valence-corrected chi connectivity index (χ1v) is 7.52. The van der Waals surface area contributed by atoms with E-state index in [2.05, 4.69) is 5.10 Å². The zero-order valence-corrected chi connectivity index (χ0v) is 13.2. The molecule has 118 valence electrons. The zero-order chi connectivity index (χ0) is 15.7. The van der Waals surface area contributed by atoms with Gasteiger partial charge in [-0.15, -0.1) is 0 Å². The third-order valence-electron chi connectivity index (χ3n) is 3.33. The van der Waals surface area contributed by atoms with Gasteiger partial charge in [-0.1, -0.05) is 6.42 Å². The molecule has 0 aliphatic carbocycles. The van der Waals surface area contributed by atoms with Crippen LogP contribution < -0.4 is 10.5 Å². The first-order chi connectivity index (χ1) is 10.1. The molecule has 1 rings (SSSR count). The molecule has 0 amide bonds. The van der Waals surface area contributed by atoms with E-state index in [1.807, 2.05) is 18.9 Å². The summed E-state index contributed by atoms with van der Waals surface area (Å²) in [5.74, 6) is -0.153. The molecule has 0 saturated heterocycles. The molecule has 0 bridgehead atoms. The van der Waals surface area contributed by atoms with Gasteiger partial charge in [0.05, 0.1) is 18.5 Å². The molecule has 0 atom stereocenters. The average Bonchev–Trinajstić information content (AvgIpc) is 2.47. The number of esters is 1. The number of nitrogens with zero attached hydrogens (tertiary/aromatic N) is 3. The molecule has 0 aromatic carbocycles. The topological polar surface area (TPSA) is 64.4 Å². The Kier molecular flexibility index (Phi) is 7.50. The third-order valence-corrected chi connectivity index (χ3v) is 3.33. The van der Waals surface area contributed by atoms with Crippen LogP contribution in [0, 0.1) is 0 Å². The number of hydrogen-bond acceptors (Lipinski definition) is 5. The van der Waals surface area contributed by atoms with Crippen LogP contribution in [-0.4, -0.2) is 35.9 Å². The first-order valence-electron chi connectivity index (χ1n) is 7.52. The molecule has 1 aromatic rings. The Hall–Kier alpha value is -1.85. The molecule has 0 aliphatic rings. The van der Waals surface area contributed by atoms with Crippen LogP contribution in [0.5, 0.6) is 0 Å². The molecule has 0 N–H and O–H groups in total. The number of ether oxygens (including phenoxy) is 1. The minimum atomic E-state index is -0.153. The van der Waals surface area contributed by atoms with E-state index in [4.69, 9.17) is 4.74 Å². The number of unbranched alkanes of at least 4 members (excludes halogenated alkanes) is 2. The van der Waals surface area contributed by atoms with Crippen LogP contribution in [0.1, 0.15) is 39.5 Å². The summed E-state index contributed by atoms with van der Waals surface area (Å²) < 4.78 is 6.33. The van der Waals surface area contributed by atoms with E-state index in [-0.39, 0.29) is 11.5 Å². The van der Waals surface area contributed by atoms with Crippen molar-refractivity contribution in [1.82, 2.24) is 9.78 Å². The number of hydrogen-bond donors (Lipinski definition) is 0. The molecule has 21 heavy (non-hydrogen) atoms. The summed E-state index contributed by atoms with van der Waals surface area (Å²) in [5, 5.41) is 4.18. The Labute approximate surface area is 125 Å². The number of aryl methyl sites for hydroxylation is 1. The van der Waals surface area contributed by atoms with E-state index < -0.39 is 0 Å². The number of rotatable bonds is 9. The smallest absolute Gasteiger partial charge is 0.305 e. The van der Waals surface area contributed by atoms with Gasteiger partial charge in [0.15, 0.2) is 0 Å². The predicted octanol–water partition coefficient (Wildman–Crippen LogP) is 1.82. The van der Waals surface area contributed by atoms with Crippen LogP contribution in [0.25, 0.3) is 0 Å². The van der Waals surface area contributed by atoms with Crippen LogP contribution in [0.15, 0.2) is 17.1 Å². The van der Waals surface area contributed by atoms with Crippen molar-refractivity contribution in [1.29, 1.82) is 0 Å². The molecule has 0 spiro atoms. The Morgan fingerprint density at radius 1 is 1.33 bits per heavy atom. The monoisotopic (exact) mass is 295 g/mol. The molecule has 0 unspecified atom stereocenters. The van der Waals surface area contributed by atoms with Crippen LogP contribution in [-0.2, 0) is 16.1 Å². The molecule has 0 saturated carbocycles. The molecule has 0 radical (unpaired) electrons. The summed E-state index contributed by atoms with van der Waals surface area (Å²) in [6.07, 6.45) is 4.64. The summed E-state index contributed by atoms with van der Waals surface area (Å²) in [7, 11) is 1.93. The van der Waals surface area contributed by atoms with Gasteiger partial charge in [-0.3, -0.25) is 9.59 Å². The molecule has 6 heteroatoms. The standard InChI is InChI=1S/C15H25N3O3/c1-4-17(3)13-11-14(19)18(16-12-13)10-8-6-7-9-15(20)21-5-2/h11-12H,4-10H2,1-3H3. The van der Waals surface area contributed by atoms with Crippen LogP contribution in [0.3, 0.4) is 0 Å². The second kappa shape index (κ2) is 9.15. The number of aromatic nitrogens is 2. The quantitative estimate of drug-likeness (QED) is 0.513.